The zero-order valence-corrected chi connectivity index (χ0v) is 19.1. The summed E-state index contributed by atoms with van der Waals surface area (Å²) in [6.45, 7) is 4.52. The number of hydrogen-bond acceptors (Lipinski definition) is 6. The Morgan fingerprint density at radius 1 is 1.22 bits per heavy atom. The first-order valence-electron chi connectivity index (χ1n) is 10.1. The fourth-order valence-electron chi connectivity index (χ4n) is 3.91. The lowest BCUT2D eigenvalue weighted by Crippen LogP contribution is -2.33. The van der Waals surface area contributed by atoms with E-state index in [0.29, 0.717) is 53.5 Å². The summed E-state index contributed by atoms with van der Waals surface area (Å²) in [7, 11) is -1.16. The van der Waals surface area contributed by atoms with Crippen LogP contribution in [0, 0.1) is 6.92 Å². The second kappa shape index (κ2) is 8.79. The van der Waals surface area contributed by atoms with Crippen LogP contribution in [0.4, 0.5) is 24.8 Å². The molecule has 0 radical (unpaired) electrons. The van der Waals surface area contributed by atoms with Crippen molar-refractivity contribution in [3.63, 3.8) is 0 Å². The minimum Gasteiger partial charge on any atom is -0.363 e. The van der Waals surface area contributed by atoms with Crippen molar-refractivity contribution < 1.29 is 17.7 Å². The predicted molar refractivity (Wildman–Crippen MR) is 120 cm³/mol. The first-order valence-corrected chi connectivity index (χ1v) is 12.1. The topological polar surface area (TPSA) is 71.0 Å². The molecule has 32 heavy (non-hydrogen) atoms. The molecule has 0 spiro atoms. The fraction of sp³-hybridized carbons (Fsp3) is 0.381. The molecule has 0 aliphatic carbocycles. The standard InChI is InChI=1S/C21H21ClF3N5OP/c1-12-14(4-3-5-16(12)21(23,24)25)13(2)27-19-15-10-18(30-6-8-32(31)9-7-30)26-11-17(15)28-20(22)29-19/h3-5,10-11,13H,6-9H2,1-2H3,(H,27,28,29)/q+1/t13-/m1/s1. The number of nitrogens with one attached hydrogen (secondary N) is 1. The summed E-state index contributed by atoms with van der Waals surface area (Å²) in [5, 5.41) is 3.87. The number of benzene rings is 1. The van der Waals surface area contributed by atoms with Crippen LogP contribution in [0.1, 0.15) is 29.7 Å². The van der Waals surface area contributed by atoms with Crippen LogP contribution < -0.4 is 10.2 Å². The lowest BCUT2D eigenvalue weighted by Gasteiger charge is -2.24. The summed E-state index contributed by atoms with van der Waals surface area (Å²) < 4.78 is 51.7. The van der Waals surface area contributed by atoms with Gasteiger partial charge < -0.3 is 10.2 Å². The average Bonchev–Trinajstić information content (AvgIpc) is 2.73. The summed E-state index contributed by atoms with van der Waals surface area (Å²) in [6.07, 6.45) is -1.60. The molecule has 2 aromatic heterocycles. The van der Waals surface area contributed by atoms with E-state index in [9.17, 15) is 17.7 Å². The van der Waals surface area contributed by atoms with Gasteiger partial charge in [-0.25, -0.2) is 15.0 Å². The van der Waals surface area contributed by atoms with Crippen molar-refractivity contribution >= 4 is 41.9 Å². The van der Waals surface area contributed by atoms with Gasteiger partial charge in [0.1, 0.15) is 11.6 Å². The number of anilines is 2. The van der Waals surface area contributed by atoms with Gasteiger partial charge in [0.15, 0.2) is 12.3 Å². The Bertz CT molecular complexity index is 1180. The van der Waals surface area contributed by atoms with Gasteiger partial charge in [-0.15, -0.1) is 0 Å². The molecule has 1 fully saturated rings. The number of hydrogen-bond donors (Lipinski definition) is 1. The van der Waals surface area contributed by atoms with Crippen LogP contribution in [-0.2, 0) is 10.7 Å². The molecule has 1 aliphatic rings. The lowest BCUT2D eigenvalue weighted by atomic mass is 9.97. The van der Waals surface area contributed by atoms with E-state index in [4.69, 9.17) is 11.6 Å². The molecule has 3 aromatic rings. The number of rotatable bonds is 4. The molecule has 1 saturated heterocycles. The van der Waals surface area contributed by atoms with Crippen LogP contribution in [-0.4, -0.2) is 40.4 Å². The monoisotopic (exact) mass is 482 g/mol. The van der Waals surface area contributed by atoms with E-state index >= 15 is 0 Å². The van der Waals surface area contributed by atoms with Crippen molar-refractivity contribution in [1.29, 1.82) is 0 Å². The quantitative estimate of drug-likeness (QED) is 0.373. The third-order valence-corrected chi connectivity index (χ3v) is 7.17. The Labute approximate surface area is 189 Å². The van der Waals surface area contributed by atoms with Crippen LogP contribution in [0.3, 0.4) is 0 Å². The van der Waals surface area contributed by atoms with Crippen molar-refractivity contribution in [2.24, 2.45) is 0 Å². The van der Waals surface area contributed by atoms with E-state index in [1.54, 1.807) is 19.2 Å². The molecule has 11 heteroatoms. The van der Waals surface area contributed by atoms with Crippen LogP contribution in [0.2, 0.25) is 5.28 Å². The molecular weight excluding hydrogens is 462 g/mol. The molecule has 0 unspecified atom stereocenters. The summed E-state index contributed by atoms with van der Waals surface area (Å²) in [6, 6.07) is 5.50. The molecule has 1 aromatic carbocycles. The predicted octanol–water partition coefficient (Wildman–Crippen LogP) is 5.83. The van der Waals surface area contributed by atoms with E-state index in [-0.39, 0.29) is 10.8 Å². The van der Waals surface area contributed by atoms with E-state index in [2.05, 4.69) is 25.2 Å². The molecule has 1 aliphatic heterocycles. The van der Waals surface area contributed by atoms with Gasteiger partial charge in [-0.1, -0.05) is 16.7 Å². The molecule has 0 bridgehead atoms. The number of pyridine rings is 1. The molecule has 3 heterocycles. The summed E-state index contributed by atoms with van der Waals surface area (Å²) in [5.74, 6) is 1.12. The van der Waals surface area contributed by atoms with Gasteiger partial charge in [0.05, 0.1) is 36.4 Å². The molecular formula is C21H21ClF3N5OP+. The van der Waals surface area contributed by atoms with Crippen molar-refractivity contribution in [1.82, 2.24) is 15.0 Å². The second-order valence-corrected chi connectivity index (χ2v) is 9.90. The zero-order chi connectivity index (χ0) is 23.0. The van der Waals surface area contributed by atoms with Crippen molar-refractivity contribution in [2.45, 2.75) is 26.1 Å². The van der Waals surface area contributed by atoms with Crippen LogP contribution >= 0.6 is 19.4 Å². The van der Waals surface area contributed by atoms with Crippen LogP contribution in [0.25, 0.3) is 10.9 Å². The third-order valence-electron chi connectivity index (χ3n) is 5.60. The second-order valence-electron chi connectivity index (χ2n) is 7.70. The largest absolute Gasteiger partial charge is 0.416 e. The Kier molecular flexibility index (Phi) is 6.23. The fourth-order valence-corrected chi connectivity index (χ4v) is 5.23. The molecule has 0 saturated carbocycles. The molecule has 4 rings (SSSR count). The van der Waals surface area contributed by atoms with E-state index in [1.165, 1.54) is 13.0 Å². The summed E-state index contributed by atoms with van der Waals surface area (Å²) in [4.78, 5) is 15.0. The number of alkyl halides is 3. The smallest absolute Gasteiger partial charge is 0.363 e. The highest BCUT2D eigenvalue weighted by Crippen LogP contribution is 2.36. The van der Waals surface area contributed by atoms with Gasteiger partial charge in [-0.3, -0.25) is 0 Å². The lowest BCUT2D eigenvalue weighted by molar-refractivity contribution is -0.138. The maximum atomic E-state index is 13.3. The molecule has 0 amide bonds. The SMILES string of the molecule is Cc1c([C@@H](C)Nc2nc(Cl)nc3cnc(N4CC[P+](=O)CC4)cc23)cccc1C(F)(F)F. The maximum absolute atomic E-state index is 13.3. The van der Waals surface area contributed by atoms with Gasteiger partial charge in [-0.05, 0) is 48.7 Å². The Balaban J connectivity index is 1.69. The molecule has 6 nitrogen and oxygen atoms in total. The minimum absolute atomic E-state index is 0.0116. The average molecular weight is 483 g/mol. The first-order chi connectivity index (χ1) is 15.1. The van der Waals surface area contributed by atoms with Crippen LogP contribution in [0.5, 0.6) is 0 Å². The van der Waals surface area contributed by atoms with Crippen molar-refractivity contribution in [3.8, 4) is 0 Å². The molecule has 1 atom stereocenters. The zero-order valence-electron chi connectivity index (χ0n) is 17.4. The Morgan fingerprint density at radius 3 is 2.62 bits per heavy atom. The highest BCUT2D eigenvalue weighted by molar-refractivity contribution is 7.44. The highest BCUT2D eigenvalue weighted by Gasteiger charge is 2.33. The maximum Gasteiger partial charge on any atom is 0.416 e. The number of fused-ring (bicyclic) bond motifs is 1. The highest BCUT2D eigenvalue weighted by atomic mass is 35.5. The van der Waals surface area contributed by atoms with Gasteiger partial charge >= 0.3 is 14.0 Å². The summed E-state index contributed by atoms with van der Waals surface area (Å²) >= 11 is 6.09. The minimum atomic E-state index is -4.43. The molecule has 1 N–H and O–H groups in total. The van der Waals surface area contributed by atoms with E-state index in [1.807, 2.05) is 6.07 Å². The third kappa shape index (κ3) is 4.64. The Hall–Kier alpha value is -2.51. The van der Waals surface area contributed by atoms with E-state index in [0.717, 1.165) is 6.07 Å². The normalized spacial score (nSPS) is 15.8. The van der Waals surface area contributed by atoms with Gasteiger partial charge in [-0.2, -0.15) is 13.2 Å². The van der Waals surface area contributed by atoms with Crippen LogP contribution in [0.15, 0.2) is 30.5 Å². The van der Waals surface area contributed by atoms with Crippen molar-refractivity contribution in [3.05, 3.63) is 52.4 Å². The number of aromatic nitrogens is 3. The van der Waals surface area contributed by atoms with E-state index < -0.39 is 25.6 Å². The van der Waals surface area contributed by atoms with Gasteiger partial charge in [0.25, 0.3) is 0 Å². The number of halogens is 4. The van der Waals surface area contributed by atoms with Gasteiger partial charge in [0, 0.05) is 5.39 Å². The summed E-state index contributed by atoms with van der Waals surface area (Å²) in [5.41, 5.74) is 0.530. The van der Waals surface area contributed by atoms with Crippen molar-refractivity contribution in [2.75, 3.05) is 35.6 Å². The van der Waals surface area contributed by atoms with Gasteiger partial charge in [0.2, 0.25) is 5.28 Å². The molecule has 168 valence electrons. The first kappa shape index (κ1) is 22.7. The Morgan fingerprint density at radius 2 is 1.94 bits per heavy atom. The number of nitrogens with zero attached hydrogens (tertiary/aromatic N) is 4.